The van der Waals surface area contributed by atoms with Gasteiger partial charge in [-0.15, -0.1) is 0 Å². The van der Waals surface area contributed by atoms with Crippen LogP contribution in [0.2, 0.25) is 0 Å². The maximum Gasteiger partial charge on any atom is 0.246 e. The second-order valence-corrected chi connectivity index (χ2v) is 6.40. The van der Waals surface area contributed by atoms with Crippen molar-refractivity contribution in [3.05, 3.63) is 71.8 Å². The third kappa shape index (κ3) is 3.80. The molecule has 0 spiro atoms. The highest BCUT2D eigenvalue weighted by molar-refractivity contribution is 5.84. The van der Waals surface area contributed by atoms with Gasteiger partial charge in [-0.25, -0.2) is 5.43 Å². The van der Waals surface area contributed by atoms with E-state index in [2.05, 4.69) is 29.6 Å². The number of hydrogen-bond acceptors (Lipinski definition) is 3. The summed E-state index contributed by atoms with van der Waals surface area (Å²) < 4.78 is 5.94. The van der Waals surface area contributed by atoms with Gasteiger partial charge < -0.3 is 4.74 Å². The van der Waals surface area contributed by atoms with Crippen LogP contribution in [0.3, 0.4) is 0 Å². The molecular weight excluding hydrogens is 312 g/mol. The number of nitrogens with zero attached hydrogens (tertiary/aromatic N) is 1. The fourth-order valence-corrected chi connectivity index (χ4v) is 3.22. The van der Waals surface area contributed by atoms with Crippen LogP contribution < -0.4 is 5.43 Å². The van der Waals surface area contributed by atoms with E-state index >= 15 is 0 Å². The molecule has 4 heteroatoms. The van der Waals surface area contributed by atoms with Crippen molar-refractivity contribution in [1.29, 1.82) is 0 Å². The first kappa shape index (κ1) is 17.4. The van der Waals surface area contributed by atoms with Crippen molar-refractivity contribution in [2.24, 2.45) is 11.0 Å². The number of nitrogens with one attached hydrogen (secondary N) is 1. The smallest absolute Gasteiger partial charge is 0.246 e. The zero-order valence-corrected chi connectivity index (χ0v) is 14.7. The van der Waals surface area contributed by atoms with Crippen LogP contribution in [0.4, 0.5) is 0 Å². The molecular formula is C21H24N2O2. The monoisotopic (exact) mass is 336 g/mol. The van der Waals surface area contributed by atoms with E-state index in [4.69, 9.17) is 4.74 Å². The van der Waals surface area contributed by atoms with Gasteiger partial charge in [-0.1, -0.05) is 67.6 Å². The van der Waals surface area contributed by atoms with Crippen LogP contribution in [0.25, 0.3) is 0 Å². The maximum atomic E-state index is 12.5. The average molecular weight is 336 g/mol. The molecule has 130 valence electrons. The number of amides is 1. The number of ether oxygens (including phenoxy) is 1. The zero-order chi connectivity index (χ0) is 17.7. The molecule has 0 saturated heterocycles. The standard InChI is InChI=1S/C21H24N2O2/c1-3-25-21(18-12-8-5-9-13-18)14-19(21)20(24)23-22-15-16(2)17-10-6-4-7-11-17/h4-13,15-16,19H,3,14H2,1-2H3,(H,23,24). The molecule has 3 unspecified atom stereocenters. The van der Waals surface area contributed by atoms with Gasteiger partial charge in [0, 0.05) is 18.7 Å². The first-order valence-electron chi connectivity index (χ1n) is 8.75. The molecule has 25 heavy (non-hydrogen) atoms. The third-order valence-electron chi connectivity index (χ3n) is 4.69. The lowest BCUT2D eigenvalue weighted by atomic mass is 10.0. The predicted octanol–water partition coefficient (Wildman–Crippen LogP) is 3.84. The topological polar surface area (TPSA) is 50.7 Å². The Balaban J connectivity index is 1.61. The summed E-state index contributed by atoms with van der Waals surface area (Å²) in [6, 6.07) is 20.0. The van der Waals surface area contributed by atoms with Crippen LogP contribution in [0, 0.1) is 5.92 Å². The van der Waals surface area contributed by atoms with E-state index in [0.717, 1.165) is 5.56 Å². The lowest BCUT2D eigenvalue weighted by Crippen LogP contribution is -2.26. The second-order valence-electron chi connectivity index (χ2n) is 6.40. The van der Waals surface area contributed by atoms with Gasteiger partial charge in [-0.2, -0.15) is 5.10 Å². The summed E-state index contributed by atoms with van der Waals surface area (Å²) >= 11 is 0. The molecule has 2 aromatic carbocycles. The minimum Gasteiger partial charge on any atom is -0.370 e. The molecule has 1 aliphatic rings. The molecule has 0 heterocycles. The molecule has 0 radical (unpaired) electrons. The van der Waals surface area contributed by atoms with Crippen molar-refractivity contribution >= 4 is 12.1 Å². The number of carbonyl (C=O) groups is 1. The van der Waals surface area contributed by atoms with E-state index < -0.39 is 5.60 Å². The normalized spacial score (nSPS) is 23.4. The molecule has 3 rings (SSSR count). The fraction of sp³-hybridized carbons (Fsp3) is 0.333. The van der Waals surface area contributed by atoms with Crippen LogP contribution in [-0.2, 0) is 15.1 Å². The summed E-state index contributed by atoms with van der Waals surface area (Å²) in [5, 5.41) is 4.15. The highest BCUT2D eigenvalue weighted by Crippen LogP contribution is 2.55. The number of benzene rings is 2. The fourth-order valence-electron chi connectivity index (χ4n) is 3.22. The third-order valence-corrected chi connectivity index (χ3v) is 4.69. The number of hydrazone groups is 1. The lowest BCUT2D eigenvalue weighted by molar-refractivity contribution is -0.124. The summed E-state index contributed by atoms with van der Waals surface area (Å²) in [6.07, 6.45) is 2.46. The molecule has 4 nitrogen and oxygen atoms in total. The second kappa shape index (κ2) is 7.62. The van der Waals surface area contributed by atoms with Gasteiger partial charge in [0.2, 0.25) is 5.91 Å². The Kier molecular flexibility index (Phi) is 5.29. The van der Waals surface area contributed by atoms with Gasteiger partial charge in [-0.05, 0) is 24.5 Å². The molecule has 3 atom stereocenters. The van der Waals surface area contributed by atoms with Crippen LogP contribution in [-0.4, -0.2) is 18.7 Å². The number of rotatable bonds is 7. The Bertz CT molecular complexity index is 730. The molecule has 0 aromatic heterocycles. The first-order valence-corrected chi connectivity index (χ1v) is 8.75. The quantitative estimate of drug-likeness (QED) is 0.617. The van der Waals surface area contributed by atoms with Gasteiger partial charge in [0.25, 0.3) is 0 Å². The molecule has 0 aliphatic heterocycles. The van der Waals surface area contributed by atoms with Gasteiger partial charge >= 0.3 is 0 Å². The lowest BCUT2D eigenvalue weighted by Gasteiger charge is -2.17. The molecule has 1 aliphatic carbocycles. The summed E-state index contributed by atoms with van der Waals surface area (Å²) in [5.74, 6) is -0.140. The van der Waals surface area contributed by atoms with E-state index in [1.807, 2.05) is 55.5 Å². The molecule has 1 N–H and O–H groups in total. The Morgan fingerprint density at radius 1 is 1.24 bits per heavy atom. The highest BCUT2D eigenvalue weighted by atomic mass is 16.5. The Hall–Kier alpha value is -2.46. The predicted molar refractivity (Wildman–Crippen MR) is 99.3 cm³/mol. The molecule has 0 bridgehead atoms. The van der Waals surface area contributed by atoms with Crippen molar-refractivity contribution in [1.82, 2.24) is 5.43 Å². The molecule has 1 fully saturated rings. The Morgan fingerprint density at radius 3 is 2.52 bits per heavy atom. The van der Waals surface area contributed by atoms with Crippen LogP contribution in [0.15, 0.2) is 65.8 Å². The van der Waals surface area contributed by atoms with Gasteiger partial charge in [0.15, 0.2) is 0 Å². The highest BCUT2D eigenvalue weighted by Gasteiger charge is 2.60. The molecule has 1 saturated carbocycles. The van der Waals surface area contributed by atoms with E-state index in [0.29, 0.717) is 13.0 Å². The van der Waals surface area contributed by atoms with Crippen LogP contribution >= 0.6 is 0 Å². The summed E-state index contributed by atoms with van der Waals surface area (Å²) in [4.78, 5) is 12.5. The Morgan fingerprint density at radius 2 is 1.88 bits per heavy atom. The molecule has 2 aromatic rings. The van der Waals surface area contributed by atoms with Crippen molar-refractivity contribution in [3.63, 3.8) is 0 Å². The molecule has 1 amide bonds. The van der Waals surface area contributed by atoms with Gasteiger partial charge in [0.1, 0.15) is 5.60 Å². The number of carbonyl (C=O) groups excluding carboxylic acids is 1. The largest absolute Gasteiger partial charge is 0.370 e. The van der Waals surface area contributed by atoms with Gasteiger partial charge in [0.05, 0.1) is 5.92 Å². The summed E-state index contributed by atoms with van der Waals surface area (Å²) in [7, 11) is 0. The summed E-state index contributed by atoms with van der Waals surface area (Å²) in [5.41, 5.74) is 4.40. The summed E-state index contributed by atoms with van der Waals surface area (Å²) in [6.45, 7) is 4.58. The van der Waals surface area contributed by atoms with E-state index in [9.17, 15) is 4.79 Å². The van der Waals surface area contributed by atoms with Gasteiger partial charge in [-0.3, -0.25) is 4.79 Å². The van der Waals surface area contributed by atoms with E-state index in [-0.39, 0.29) is 17.7 Å². The van der Waals surface area contributed by atoms with Crippen molar-refractivity contribution in [2.45, 2.75) is 31.8 Å². The van der Waals surface area contributed by atoms with Crippen LogP contribution in [0.1, 0.15) is 37.3 Å². The number of hydrogen-bond donors (Lipinski definition) is 1. The Labute approximate surface area is 148 Å². The van der Waals surface area contributed by atoms with Crippen molar-refractivity contribution in [2.75, 3.05) is 6.61 Å². The van der Waals surface area contributed by atoms with Crippen LogP contribution in [0.5, 0.6) is 0 Å². The van der Waals surface area contributed by atoms with E-state index in [1.54, 1.807) is 6.21 Å². The van der Waals surface area contributed by atoms with E-state index in [1.165, 1.54) is 5.56 Å². The first-order chi connectivity index (χ1) is 12.2. The minimum atomic E-state index is -0.499. The average Bonchev–Trinajstić information content (AvgIpc) is 3.39. The zero-order valence-electron chi connectivity index (χ0n) is 14.7. The van der Waals surface area contributed by atoms with Crippen molar-refractivity contribution < 1.29 is 9.53 Å². The maximum absolute atomic E-state index is 12.5. The SMILES string of the molecule is CCOC1(c2ccccc2)CC1C(=O)NN=CC(C)c1ccccc1. The van der Waals surface area contributed by atoms with Crippen molar-refractivity contribution in [3.8, 4) is 0 Å². The minimum absolute atomic E-state index is 0.0891.